The summed E-state index contributed by atoms with van der Waals surface area (Å²) in [6, 6.07) is 6.45. The standard InChI is InChI=1S/C15H20BrN3O/c16-10-4-3-6-12(14(10)15(17)18)19-8-9-20-13-7-2-1-5-11(13)19/h3-4,6,11,13H,1-2,5,7-9H2,(H3,17,18). The van der Waals surface area contributed by atoms with Crippen molar-refractivity contribution in [3.63, 3.8) is 0 Å². The Kier molecular flexibility index (Phi) is 3.98. The molecule has 1 aromatic rings. The number of hydrogen-bond donors (Lipinski definition) is 2. The van der Waals surface area contributed by atoms with E-state index in [0.29, 0.717) is 12.1 Å². The second-order valence-corrected chi connectivity index (χ2v) is 6.36. The molecule has 2 aliphatic rings. The third-order valence-corrected chi connectivity index (χ3v) is 4.96. The number of amidine groups is 1. The molecule has 1 aliphatic heterocycles. The lowest BCUT2D eigenvalue weighted by atomic mass is 9.89. The fraction of sp³-hybridized carbons (Fsp3) is 0.533. The molecule has 1 saturated heterocycles. The summed E-state index contributed by atoms with van der Waals surface area (Å²) in [5, 5.41) is 7.86. The SMILES string of the molecule is N=C(N)c1c(Br)cccc1N1CCOC2CCCCC21. The lowest BCUT2D eigenvalue weighted by Gasteiger charge is -2.45. The van der Waals surface area contributed by atoms with E-state index >= 15 is 0 Å². The molecular formula is C15H20BrN3O. The van der Waals surface area contributed by atoms with Crippen molar-refractivity contribution in [1.29, 1.82) is 5.41 Å². The number of nitrogens with one attached hydrogen (secondary N) is 1. The van der Waals surface area contributed by atoms with Crippen molar-refractivity contribution in [3.05, 3.63) is 28.2 Å². The van der Waals surface area contributed by atoms with Crippen LogP contribution in [0.4, 0.5) is 5.69 Å². The quantitative estimate of drug-likeness (QED) is 0.644. The number of nitrogens with two attached hydrogens (primary N) is 1. The van der Waals surface area contributed by atoms with Gasteiger partial charge in [0.2, 0.25) is 0 Å². The molecule has 2 fully saturated rings. The first-order chi connectivity index (χ1) is 9.68. The van der Waals surface area contributed by atoms with Gasteiger partial charge in [-0.2, -0.15) is 0 Å². The van der Waals surface area contributed by atoms with Gasteiger partial charge in [0.15, 0.2) is 0 Å². The first-order valence-electron chi connectivity index (χ1n) is 7.19. The summed E-state index contributed by atoms with van der Waals surface area (Å²) < 4.78 is 6.82. The normalized spacial score (nSPS) is 26.1. The highest BCUT2D eigenvalue weighted by Crippen LogP contribution is 2.35. The van der Waals surface area contributed by atoms with E-state index in [1.165, 1.54) is 12.8 Å². The number of halogens is 1. The van der Waals surface area contributed by atoms with Crippen molar-refractivity contribution >= 4 is 27.5 Å². The van der Waals surface area contributed by atoms with Gasteiger partial charge < -0.3 is 15.4 Å². The largest absolute Gasteiger partial charge is 0.384 e. The number of ether oxygens (including phenoxy) is 1. The Hall–Kier alpha value is -1.07. The van der Waals surface area contributed by atoms with Crippen molar-refractivity contribution in [3.8, 4) is 0 Å². The van der Waals surface area contributed by atoms with Crippen LogP contribution in [0.25, 0.3) is 0 Å². The van der Waals surface area contributed by atoms with Crippen LogP contribution in [0.15, 0.2) is 22.7 Å². The zero-order valence-electron chi connectivity index (χ0n) is 11.4. The van der Waals surface area contributed by atoms with Gasteiger partial charge in [-0.05, 0) is 40.9 Å². The van der Waals surface area contributed by atoms with Crippen molar-refractivity contribution in [2.24, 2.45) is 5.73 Å². The highest BCUT2D eigenvalue weighted by molar-refractivity contribution is 9.10. The molecule has 3 N–H and O–H groups in total. The van der Waals surface area contributed by atoms with Crippen LogP contribution in [-0.4, -0.2) is 31.1 Å². The third kappa shape index (κ3) is 2.44. The number of nitrogen functional groups attached to an aromatic ring is 1. The van der Waals surface area contributed by atoms with Crippen LogP contribution < -0.4 is 10.6 Å². The highest BCUT2D eigenvalue weighted by Gasteiger charge is 2.35. The summed E-state index contributed by atoms with van der Waals surface area (Å²) in [4.78, 5) is 2.40. The van der Waals surface area contributed by atoms with Crippen molar-refractivity contribution in [2.45, 2.75) is 37.8 Å². The fourth-order valence-corrected chi connectivity index (χ4v) is 3.98. The van der Waals surface area contributed by atoms with Crippen LogP contribution in [0.3, 0.4) is 0 Å². The van der Waals surface area contributed by atoms with E-state index in [1.807, 2.05) is 12.1 Å². The average molecular weight is 338 g/mol. The molecule has 1 aromatic carbocycles. The number of rotatable bonds is 2. The monoisotopic (exact) mass is 337 g/mol. The molecule has 20 heavy (non-hydrogen) atoms. The summed E-state index contributed by atoms with van der Waals surface area (Å²) in [5.74, 6) is 0.117. The lowest BCUT2D eigenvalue weighted by Crippen LogP contribution is -2.53. The van der Waals surface area contributed by atoms with E-state index in [2.05, 4.69) is 26.9 Å². The molecule has 0 radical (unpaired) electrons. The molecular weight excluding hydrogens is 318 g/mol. The summed E-state index contributed by atoms with van der Waals surface area (Å²) in [7, 11) is 0. The van der Waals surface area contributed by atoms with Gasteiger partial charge in [-0.15, -0.1) is 0 Å². The first-order valence-corrected chi connectivity index (χ1v) is 7.99. The van der Waals surface area contributed by atoms with Crippen LogP contribution >= 0.6 is 15.9 Å². The highest BCUT2D eigenvalue weighted by atomic mass is 79.9. The maximum Gasteiger partial charge on any atom is 0.126 e. The second-order valence-electron chi connectivity index (χ2n) is 5.50. The molecule has 2 unspecified atom stereocenters. The molecule has 0 amide bonds. The Morgan fingerprint density at radius 2 is 2.15 bits per heavy atom. The minimum absolute atomic E-state index is 0.117. The Balaban J connectivity index is 1.99. The number of nitrogens with zero attached hydrogens (tertiary/aromatic N) is 1. The molecule has 0 aromatic heterocycles. The predicted molar refractivity (Wildman–Crippen MR) is 84.5 cm³/mol. The summed E-state index contributed by atoms with van der Waals surface area (Å²) in [6.45, 7) is 1.63. The molecule has 5 heteroatoms. The zero-order valence-corrected chi connectivity index (χ0v) is 13.0. The van der Waals surface area contributed by atoms with Crippen molar-refractivity contribution in [1.82, 2.24) is 0 Å². The van der Waals surface area contributed by atoms with E-state index in [1.54, 1.807) is 0 Å². The van der Waals surface area contributed by atoms with Crippen LogP contribution in [0.5, 0.6) is 0 Å². The van der Waals surface area contributed by atoms with Crippen LogP contribution in [-0.2, 0) is 4.74 Å². The van der Waals surface area contributed by atoms with E-state index in [-0.39, 0.29) is 5.84 Å². The van der Waals surface area contributed by atoms with Gasteiger partial charge in [0, 0.05) is 16.7 Å². The van der Waals surface area contributed by atoms with Gasteiger partial charge in [0.05, 0.1) is 24.3 Å². The topological polar surface area (TPSA) is 62.3 Å². The van der Waals surface area contributed by atoms with Gasteiger partial charge in [0.1, 0.15) is 5.84 Å². The second kappa shape index (κ2) is 5.74. The van der Waals surface area contributed by atoms with E-state index in [4.69, 9.17) is 15.9 Å². The minimum Gasteiger partial charge on any atom is -0.384 e. The summed E-state index contributed by atoms with van der Waals surface area (Å²) in [5.41, 5.74) is 7.65. The Morgan fingerprint density at radius 1 is 1.35 bits per heavy atom. The molecule has 0 bridgehead atoms. The number of hydrogen-bond acceptors (Lipinski definition) is 3. The zero-order chi connectivity index (χ0) is 14.1. The van der Waals surface area contributed by atoms with Gasteiger partial charge in [0.25, 0.3) is 0 Å². The number of fused-ring (bicyclic) bond motifs is 1. The molecule has 2 atom stereocenters. The van der Waals surface area contributed by atoms with Gasteiger partial charge in [-0.3, -0.25) is 5.41 Å². The molecule has 0 spiro atoms. The number of morpholine rings is 1. The van der Waals surface area contributed by atoms with Crippen molar-refractivity contribution in [2.75, 3.05) is 18.1 Å². The molecule has 108 valence electrons. The Labute approximate surface area is 127 Å². The lowest BCUT2D eigenvalue weighted by molar-refractivity contribution is -0.00869. The smallest absolute Gasteiger partial charge is 0.126 e. The Bertz CT molecular complexity index is 518. The molecule has 1 heterocycles. The number of anilines is 1. The predicted octanol–water partition coefficient (Wildman–Crippen LogP) is 2.88. The van der Waals surface area contributed by atoms with Crippen LogP contribution in [0.1, 0.15) is 31.2 Å². The first kappa shape index (κ1) is 13.9. The van der Waals surface area contributed by atoms with E-state index < -0.39 is 0 Å². The fourth-order valence-electron chi connectivity index (χ4n) is 3.41. The van der Waals surface area contributed by atoms with Gasteiger partial charge in [-0.25, -0.2) is 0 Å². The molecule has 4 nitrogen and oxygen atoms in total. The third-order valence-electron chi connectivity index (χ3n) is 4.30. The maximum absolute atomic E-state index is 7.86. The molecule has 1 aliphatic carbocycles. The van der Waals surface area contributed by atoms with E-state index in [9.17, 15) is 0 Å². The average Bonchev–Trinajstić information content (AvgIpc) is 2.46. The molecule has 1 saturated carbocycles. The van der Waals surface area contributed by atoms with Crippen LogP contribution in [0, 0.1) is 5.41 Å². The summed E-state index contributed by atoms with van der Waals surface area (Å²) >= 11 is 3.52. The number of benzene rings is 1. The maximum atomic E-state index is 7.86. The minimum atomic E-state index is 0.117. The van der Waals surface area contributed by atoms with Gasteiger partial charge in [-0.1, -0.05) is 18.9 Å². The van der Waals surface area contributed by atoms with Crippen molar-refractivity contribution < 1.29 is 4.74 Å². The summed E-state index contributed by atoms with van der Waals surface area (Å²) in [6.07, 6.45) is 5.15. The van der Waals surface area contributed by atoms with Crippen LogP contribution in [0.2, 0.25) is 0 Å². The molecule has 3 rings (SSSR count). The Morgan fingerprint density at radius 3 is 2.95 bits per heavy atom. The van der Waals surface area contributed by atoms with Gasteiger partial charge >= 0.3 is 0 Å². The van der Waals surface area contributed by atoms with E-state index in [0.717, 1.165) is 41.7 Å².